The third-order valence-electron chi connectivity index (χ3n) is 4.44. The number of hydrogen-bond acceptors (Lipinski definition) is 8. The second-order valence-electron chi connectivity index (χ2n) is 8.89. The molecule has 170 valence electrons. The van der Waals surface area contributed by atoms with Gasteiger partial charge in [0.05, 0.1) is 12.3 Å². The number of nitrogens with zero attached hydrogens (tertiary/aromatic N) is 3. The summed E-state index contributed by atoms with van der Waals surface area (Å²) in [6, 6.07) is 6.92. The number of anilines is 1. The number of rotatable bonds is 7. The molecule has 0 fully saturated rings. The molecule has 2 heterocycles. The predicted octanol–water partition coefficient (Wildman–Crippen LogP) is 5.33. The van der Waals surface area contributed by atoms with Crippen molar-refractivity contribution in [2.24, 2.45) is 5.41 Å². The van der Waals surface area contributed by atoms with E-state index in [1.54, 1.807) is 31.2 Å². The van der Waals surface area contributed by atoms with Gasteiger partial charge in [-0.2, -0.15) is 4.98 Å². The van der Waals surface area contributed by atoms with Crippen molar-refractivity contribution in [2.75, 3.05) is 11.9 Å². The van der Waals surface area contributed by atoms with Gasteiger partial charge in [-0.3, -0.25) is 10.1 Å². The van der Waals surface area contributed by atoms with Crippen LogP contribution in [0.4, 0.5) is 5.13 Å². The number of amides is 1. The molecule has 1 amide bonds. The molecule has 1 N–H and O–H groups in total. The van der Waals surface area contributed by atoms with E-state index in [4.69, 9.17) is 9.26 Å². The van der Waals surface area contributed by atoms with Crippen LogP contribution in [0.25, 0.3) is 11.4 Å². The van der Waals surface area contributed by atoms with Crippen molar-refractivity contribution in [1.29, 1.82) is 0 Å². The summed E-state index contributed by atoms with van der Waals surface area (Å²) in [5.41, 5.74) is 1.87. The SMILES string of the molecule is CCOC(=O)c1sc(NC(=O)c2ccc(-c3noc(CC(C)(C)C)n3)cc2)nc1C(C)C. The summed E-state index contributed by atoms with van der Waals surface area (Å²) in [6.45, 7) is 12.2. The van der Waals surface area contributed by atoms with Gasteiger partial charge in [0.2, 0.25) is 11.7 Å². The lowest BCUT2D eigenvalue weighted by Crippen LogP contribution is -2.11. The Balaban J connectivity index is 1.73. The van der Waals surface area contributed by atoms with Crippen LogP contribution in [0.1, 0.15) is 79.1 Å². The standard InChI is InChI=1S/C23H28N4O4S/c1-7-30-21(29)18-17(13(2)3)25-22(32-18)26-20(28)15-10-8-14(9-11-15)19-24-16(31-27-19)12-23(4,5)6/h8-11,13H,7,12H2,1-6H3,(H,25,26,28). The summed E-state index contributed by atoms with van der Waals surface area (Å²) in [5.74, 6) is 0.337. The van der Waals surface area contributed by atoms with Crippen molar-refractivity contribution in [3.63, 3.8) is 0 Å². The molecule has 2 aromatic heterocycles. The van der Waals surface area contributed by atoms with Crippen molar-refractivity contribution < 1.29 is 18.8 Å². The van der Waals surface area contributed by atoms with Gasteiger partial charge in [0.1, 0.15) is 4.88 Å². The average Bonchev–Trinajstić information content (AvgIpc) is 3.34. The maximum Gasteiger partial charge on any atom is 0.350 e. The lowest BCUT2D eigenvalue weighted by Gasteiger charge is -2.13. The number of aromatic nitrogens is 3. The fraction of sp³-hybridized carbons (Fsp3) is 0.435. The van der Waals surface area contributed by atoms with Gasteiger partial charge in [-0.15, -0.1) is 0 Å². The van der Waals surface area contributed by atoms with Crippen LogP contribution < -0.4 is 5.32 Å². The highest BCUT2D eigenvalue weighted by molar-refractivity contribution is 7.17. The van der Waals surface area contributed by atoms with Gasteiger partial charge in [0, 0.05) is 17.5 Å². The summed E-state index contributed by atoms with van der Waals surface area (Å²) in [7, 11) is 0. The van der Waals surface area contributed by atoms with E-state index in [0.29, 0.717) is 39.4 Å². The van der Waals surface area contributed by atoms with Gasteiger partial charge in [-0.05, 0) is 30.4 Å². The van der Waals surface area contributed by atoms with Crippen LogP contribution in [0.5, 0.6) is 0 Å². The maximum absolute atomic E-state index is 12.7. The largest absolute Gasteiger partial charge is 0.462 e. The first-order valence-electron chi connectivity index (χ1n) is 10.5. The summed E-state index contributed by atoms with van der Waals surface area (Å²) in [4.78, 5) is 34.2. The summed E-state index contributed by atoms with van der Waals surface area (Å²) >= 11 is 1.12. The summed E-state index contributed by atoms with van der Waals surface area (Å²) in [5, 5.41) is 7.16. The minimum atomic E-state index is -0.426. The highest BCUT2D eigenvalue weighted by atomic mass is 32.1. The molecule has 3 rings (SSSR count). The number of benzene rings is 1. The first-order chi connectivity index (χ1) is 15.1. The number of nitrogens with one attached hydrogen (secondary N) is 1. The molecule has 0 bridgehead atoms. The van der Waals surface area contributed by atoms with Crippen molar-refractivity contribution in [3.8, 4) is 11.4 Å². The van der Waals surface area contributed by atoms with Crippen LogP contribution in [0.2, 0.25) is 0 Å². The molecule has 0 unspecified atom stereocenters. The van der Waals surface area contributed by atoms with Gasteiger partial charge in [0.15, 0.2) is 5.13 Å². The van der Waals surface area contributed by atoms with Crippen LogP contribution in [0, 0.1) is 5.41 Å². The van der Waals surface area contributed by atoms with Crippen LogP contribution in [-0.2, 0) is 11.2 Å². The average molecular weight is 457 g/mol. The van der Waals surface area contributed by atoms with Crippen LogP contribution in [0.3, 0.4) is 0 Å². The van der Waals surface area contributed by atoms with E-state index in [-0.39, 0.29) is 23.8 Å². The Morgan fingerprint density at radius 3 is 2.44 bits per heavy atom. The zero-order chi connectivity index (χ0) is 23.5. The molecule has 8 nitrogen and oxygen atoms in total. The number of carbonyl (C=O) groups is 2. The molecular weight excluding hydrogens is 428 g/mol. The molecule has 9 heteroatoms. The molecule has 0 saturated heterocycles. The summed E-state index contributed by atoms with van der Waals surface area (Å²) in [6.07, 6.45) is 0.681. The van der Waals surface area contributed by atoms with E-state index in [1.807, 2.05) is 13.8 Å². The molecule has 0 aliphatic carbocycles. The van der Waals surface area contributed by atoms with E-state index in [1.165, 1.54) is 0 Å². The number of esters is 1. The van der Waals surface area contributed by atoms with E-state index < -0.39 is 5.97 Å². The van der Waals surface area contributed by atoms with Crippen molar-refractivity contribution in [1.82, 2.24) is 15.1 Å². The Morgan fingerprint density at radius 1 is 1.16 bits per heavy atom. The highest BCUT2D eigenvalue weighted by Crippen LogP contribution is 2.29. The molecule has 0 saturated carbocycles. The maximum atomic E-state index is 12.7. The van der Waals surface area contributed by atoms with Crippen molar-refractivity contribution >= 4 is 28.3 Å². The first-order valence-corrected chi connectivity index (χ1v) is 11.3. The molecular formula is C23H28N4O4S. The number of hydrogen-bond donors (Lipinski definition) is 1. The topological polar surface area (TPSA) is 107 Å². The molecule has 3 aromatic rings. The zero-order valence-corrected chi connectivity index (χ0v) is 20.0. The Morgan fingerprint density at radius 2 is 1.84 bits per heavy atom. The Bertz CT molecular complexity index is 1090. The first kappa shape index (κ1) is 23.6. The van der Waals surface area contributed by atoms with Gasteiger partial charge in [-0.25, -0.2) is 9.78 Å². The molecule has 32 heavy (non-hydrogen) atoms. The Hall–Kier alpha value is -3.07. The van der Waals surface area contributed by atoms with Crippen LogP contribution >= 0.6 is 11.3 Å². The second-order valence-corrected chi connectivity index (χ2v) is 9.89. The normalized spacial score (nSPS) is 11.6. The highest BCUT2D eigenvalue weighted by Gasteiger charge is 2.23. The summed E-state index contributed by atoms with van der Waals surface area (Å²) < 4.78 is 10.4. The molecule has 0 aliphatic rings. The fourth-order valence-electron chi connectivity index (χ4n) is 2.96. The van der Waals surface area contributed by atoms with Gasteiger partial charge >= 0.3 is 5.97 Å². The third kappa shape index (κ3) is 5.79. The minimum absolute atomic E-state index is 0.0220. The van der Waals surface area contributed by atoms with E-state index in [9.17, 15) is 9.59 Å². The number of thiazole rings is 1. The second kappa shape index (κ2) is 9.60. The lowest BCUT2D eigenvalue weighted by molar-refractivity contribution is 0.0530. The number of ether oxygens (including phenoxy) is 1. The molecule has 1 aromatic carbocycles. The van der Waals surface area contributed by atoms with E-state index in [2.05, 4.69) is 41.2 Å². The lowest BCUT2D eigenvalue weighted by atomic mass is 9.92. The van der Waals surface area contributed by atoms with Crippen molar-refractivity contribution in [2.45, 2.75) is 53.9 Å². The Labute approximate surface area is 191 Å². The number of carbonyl (C=O) groups excluding carboxylic acids is 2. The molecule has 0 radical (unpaired) electrons. The molecule has 0 spiro atoms. The fourth-order valence-corrected chi connectivity index (χ4v) is 3.97. The minimum Gasteiger partial charge on any atom is -0.462 e. The van der Waals surface area contributed by atoms with Crippen LogP contribution in [0.15, 0.2) is 28.8 Å². The molecule has 0 aliphatic heterocycles. The van der Waals surface area contributed by atoms with E-state index >= 15 is 0 Å². The van der Waals surface area contributed by atoms with Gasteiger partial charge in [0.25, 0.3) is 5.91 Å². The van der Waals surface area contributed by atoms with Crippen molar-refractivity contribution in [3.05, 3.63) is 46.3 Å². The Kier molecular flexibility index (Phi) is 7.08. The zero-order valence-electron chi connectivity index (χ0n) is 19.2. The van der Waals surface area contributed by atoms with Gasteiger partial charge < -0.3 is 9.26 Å². The quantitative estimate of drug-likeness (QED) is 0.479. The smallest absolute Gasteiger partial charge is 0.350 e. The predicted molar refractivity (Wildman–Crippen MR) is 123 cm³/mol. The van der Waals surface area contributed by atoms with Gasteiger partial charge in [-0.1, -0.05) is 63.2 Å². The van der Waals surface area contributed by atoms with Crippen LogP contribution in [-0.4, -0.2) is 33.6 Å². The van der Waals surface area contributed by atoms with E-state index in [0.717, 1.165) is 16.9 Å². The molecule has 0 atom stereocenters. The monoisotopic (exact) mass is 456 g/mol. The third-order valence-corrected chi connectivity index (χ3v) is 5.40.